The van der Waals surface area contributed by atoms with Crippen molar-refractivity contribution in [2.24, 2.45) is 4.99 Å². The van der Waals surface area contributed by atoms with Crippen LogP contribution in [0, 0.1) is 0 Å². The first-order chi connectivity index (χ1) is 10.7. The molecule has 0 bridgehead atoms. The quantitative estimate of drug-likeness (QED) is 0.465. The normalized spacial score (nSPS) is 11.3. The number of rotatable bonds is 11. The van der Waals surface area contributed by atoms with Crippen LogP contribution >= 0.6 is 0 Å². The average molecular weight is 309 g/mol. The zero-order chi connectivity index (χ0) is 16.2. The molecule has 1 rings (SSSR count). The maximum atomic E-state index is 5.60. The fourth-order valence-electron chi connectivity index (χ4n) is 1.92. The van der Waals surface area contributed by atoms with E-state index in [1.165, 1.54) is 0 Å². The molecule has 5 heteroatoms. The molecule has 0 atom stereocenters. The summed E-state index contributed by atoms with van der Waals surface area (Å²) < 4.78 is 22.0. The van der Waals surface area contributed by atoms with Gasteiger partial charge in [-0.1, -0.05) is 0 Å². The van der Waals surface area contributed by atoms with Crippen LogP contribution in [0.2, 0.25) is 0 Å². The standard InChI is InChI=1S/C17H27NO4/c1-5-19-15-10-9-14(11-16(15)20-6-2)12-18-13-17(21-7-3)22-8-4/h9-12,17H,5-8,13H2,1-4H3/b18-12+. The summed E-state index contributed by atoms with van der Waals surface area (Å²) in [5.74, 6) is 1.49. The molecule has 124 valence electrons. The van der Waals surface area contributed by atoms with Crippen molar-refractivity contribution in [2.45, 2.75) is 34.0 Å². The molecular formula is C17H27NO4. The van der Waals surface area contributed by atoms with Crippen molar-refractivity contribution in [3.63, 3.8) is 0 Å². The van der Waals surface area contributed by atoms with E-state index in [4.69, 9.17) is 18.9 Å². The molecule has 22 heavy (non-hydrogen) atoms. The first-order valence-electron chi connectivity index (χ1n) is 7.87. The summed E-state index contributed by atoms with van der Waals surface area (Å²) in [4.78, 5) is 4.38. The summed E-state index contributed by atoms with van der Waals surface area (Å²) in [6.45, 7) is 10.7. The molecule has 0 aliphatic rings. The van der Waals surface area contributed by atoms with Crippen molar-refractivity contribution in [3.8, 4) is 11.5 Å². The minimum Gasteiger partial charge on any atom is -0.490 e. The van der Waals surface area contributed by atoms with E-state index in [2.05, 4.69) is 4.99 Å². The Labute approximate surface area is 133 Å². The van der Waals surface area contributed by atoms with Crippen LogP contribution in [0.15, 0.2) is 23.2 Å². The second kappa shape index (κ2) is 11.0. The lowest BCUT2D eigenvalue weighted by Crippen LogP contribution is -2.20. The lowest BCUT2D eigenvalue weighted by molar-refractivity contribution is -0.128. The Morgan fingerprint density at radius 1 is 0.909 bits per heavy atom. The predicted octanol–water partition coefficient (Wildman–Crippen LogP) is 3.30. The van der Waals surface area contributed by atoms with Gasteiger partial charge < -0.3 is 18.9 Å². The Balaban J connectivity index is 2.71. The van der Waals surface area contributed by atoms with E-state index < -0.39 is 0 Å². The number of hydrogen-bond acceptors (Lipinski definition) is 5. The van der Waals surface area contributed by atoms with Crippen LogP contribution in [0.1, 0.15) is 33.3 Å². The maximum Gasteiger partial charge on any atom is 0.176 e. The van der Waals surface area contributed by atoms with Gasteiger partial charge in [-0.25, -0.2) is 0 Å². The highest BCUT2D eigenvalue weighted by Gasteiger charge is 2.07. The largest absolute Gasteiger partial charge is 0.490 e. The van der Waals surface area contributed by atoms with Crippen molar-refractivity contribution in [1.82, 2.24) is 0 Å². The molecular weight excluding hydrogens is 282 g/mol. The summed E-state index contributed by atoms with van der Waals surface area (Å²) in [7, 11) is 0. The smallest absolute Gasteiger partial charge is 0.176 e. The highest BCUT2D eigenvalue weighted by molar-refractivity contribution is 5.80. The minimum atomic E-state index is -0.291. The summed E-state index contributed by atoms with van der Waals surface area (Å²) in [5, 5.41) is 0. The number of nitrogens with zero attached hydrogens (tertiary/aromatic N) is 1. The van der Waals surface area contributed by atoms with Gasteiger partial charge in [-0.05, 0) is 51.5 Å². The van der Waals surface area contributed by atoms with Gasteiger partial charge in [0.25, 0.3) is 0 Å². The van der Waals surface area contributed by atoms with E-state index in [0.717, 1.165) is 17.1 Å². The van der Waals surface area contributed by atoms with E-state index in [9.17, 15) is 0 Å². The van der Waals surface area contributed by atoms with Crippen LogP contribution in [0.3, 0.4) is 0 Å². The number of ether oxygens (including phenoxy) is 4. The van der Waals surface area contributed by atoms with Crippen LogP contribution in [0.25, 0.3) is 0 Å². The topological polar surface area (TPSA) is 49.3 Å². The van der Waals surface area contributed by atoms with E-state index in [0.29, 0.717) is 33.0 Å². The van der Waals surface area contributed by atoms with Gasteiger partial charge in [0.1, 0.15) is 0 Å². The minimum absolute atomic E-state index is 0.291. The molecule has 0 saturated heterocycles. The Morgan fingerprint density at radius 2 is 1.55 bits per heavy atom. The molecule has 0 N–H and O–H groups in total. The molecule has 5 nitrogen and oxygen atoms in total. The summed E-state index contributed by atoms with van der Waals surface area (Å²) in [6, 6.07) is 5.78. The maximum absolute atomic E-state index is 5.60. The fraction of sp³-hybridized carbons (Fsp3) is 0.588. The van der Waals surface area contributed by atoms with E-state index >= 15 is 0 Å². The monoisotopic (exact) mass is 309 g/mol. The average Bonchev–Trinajstić information content (AvgIpc) is 2.50. The Bertz CT molecular complexity index is 442. The molecule has 0 aliphatic carbocycles. The van der Waals surface area contributed by atoms with Gasteiger partial charge >= 0.3 is 0 Å². The third-order valence-corrected chi connectivity index (χ3v) is 2.77. The molecule has 0 heterocycles. The zero-order valence-electron chi connectivity index (χ0n) is 14.0. The SMILES string of the molecule is CCOc1ccc(/C=N/CC(OCC)OCC)cc1OCC. The molecule has 0 saturated carbocycles. The van der Waals surface area contributed by atoms with Crippen LogP contribution in [-0.2, 0) is 9.47 Å². The van der Waals surface area contributed by atoms with Gasteiger partial charge in [-0.3, -0.25) is 4.99 Å². The number of hydrogen-bond donors (Lipinski definition) is 0. The van der Waals surface area contributed by atoms with E-state index in [1.807, 2.05) is 45.9 Å². The third-order valence-electron chi connectivity index (χ3n) is 2.77. The lowest BCUT2D eigenvalue weighted by Gasteiger charge is -2.14. The van der Waals surface area contributed by atoms with Crippen molar-refractivity contribution < 1.29 is 18.9 Å². The molecule has 1 aromatic rings. The molecule has 0 unspecified atom stereocenters. The van der Waals surface area contributed by atoms with Crippen LogP contribution in [-0.4, -0.2) is 45.5 Å². The van der Waals surface area contributed by atoms with E-state index in [-0.39, 0.29) is 6.29 Å². The second-order valence-electron chi connectivity index (χ2n) is 4.41. The second-order valence-corrected chi connectivity index (χ2v) is 4.41. The first-order valence-corrected chi connectivity index (χ1v) is 7.87. The van der Waals surface area contributed by atoms with Crippen LogP contribution in [0.5, 0.6) is 11.5 Å². The van der Waals surface area contributed by atoms with Gasteiger partial charge in [0.05, 0.1) is 19.8 Å². The molecule has 0 fully saturated rings. The fourth-order valence-corrected chi connectivity index (χ4v) is 1.92. The Morgan fingerprint density at radius 3 is 2.14 bits per heavy atom. The van der Waals surface area contributed by atoms with Crippen LogP contribution in [0.4, 0.5) is 0 Å². The van der Waals surface area contributed by atoms with Crippen molar-refractivity contribution in [2.75, 3.05) is 33.0 Å². The van der Waals surface area contributed by atoms with Crippen molar-refractivity contribution >= 4 is 6.21 Å². The van der Waals surface area contributed by atoms with Crippen LogP contribution < -0.4 is 9.47 Å². The molecule has 0 spiro atoms. The molecule has 0 radical (unpaired) electrons. The van der Waals surface area contributed by atoms with E-state index in [1.54, 1.807) is 6.21 Å². The molecule has 0 aromatic heterocycles. The predicted molar refractivity (Wildman–Crippen MR) is 88.3 cm³/mol. The van der Waals surface area contributed by atoms with Gasteiger partial charge in [-0.15, -0.1) is 0 Å². The van der Waals surface area contributed by atoms with Gasteiger partial charge in [0, 0.05) is 19.4 Å². The van der Waals surface area contributed by atoms with Gasteiger partial charge in [0.2, 0.25) is 0 Å². The molecule has 1 aromatic carbocycles. The molecule has 0 amide bonds. The Kier molecular flexibility index (Phi) is 9.26. The third kappa shape index (κ3) is 6.45. The summed E-state index contributed by atoms with van der Waals surface area (Å²) in [5.41, 5.74) is 0.957. The first kappa shape index (κ1) is 18.5. The number of benzene rings is 1. The highest BCUT2D eigenvalue weighted by Crippen LogP contribution is 2.27. The van der Waals surface area contributed by atoms with Crippen molar-refractivity contribution in [1.29, 1.82) is 0 Å². The van der Waals surface area contributed by atoms with Gasteiger partial charge in [0.15, 0.2) is 17.8 Å². The van der Waals surface area contributed by atoms with Crippen molar-refractivity contribution in [3.05, 3.63) is 23.8 Å². The lowest BCUT2D eigenvalue weighted by atomic mass is 10.2. The molecule has 0 aliphatic heterocycles. The summed E-state index contributed by atoms with van der Waals surface area (Å²) in [6.07, 6.45) is 1.50. The zero-order valence-corrected chi connectivity index (χ0v) is 14.0. The summed E-state index contributed by atoms with van der Waals surface area (Å²) >= 11 is 0. The van der Waals surface area contributed by atoms with Gasteiger partial charge in [-0.2, -0.15) is 0 Å². The Hall–Kier alpha value is -1.59. The number of aliphatic imine (C=N–C) groups is 1. The highest BCUT2D eigenvalue weighted by atomic mass is 16.7.